The molecular weight excluding hydrogens is 276 g/mol. The lowest BCUT2D eigenvalue weighted by Gasteiger charge is -2.23. The molecule has 1 amide bonds. The molecule has 1 aliphatic rings. The fraction of sp³-hybridized carbons (Fsp3) is 0.611. The van der Waals surface area contributed by atoms with E-state index in [9.17, 15) is 4.79 Å². The van der Waals surface area contributed by atoms with Crippen LogP contribution < -0.4 is 5.32 Å². The molecule has 1 saturated heterocycles. The van der Waals surface area contributed by atoms with Crippen LogP contribution in [0.3, 0.4) is 0 Å². The van der Waals surface area contributed by atoms with Gasteiger partial charge in [-0.05, 0) is 43.8 Å². The molecule has 1 fully saturated rings. The summed E-state index contributed by atoms with van der Waals surface area (Å²) in [4.78, 5) is 13.9. The van der Waals surface area contributed by atoms with Crippen molar-refractivity contribution in [2.75, 3.05) is 33.3 Å². The molecule has 1 heterocycles. The van der Waals surface area contributed by atoms with Gasteiger partial charge < -0.3 is 15.0 Å². The van der Waals surface area contributed by atoms with Crippen molar-refractivity contribution in [3.8, 4) is 0 Å². The zero-order chi connectivity index (χ0) is 15.6. The number of hydrogen-bond acceptors (Lipinski definition) is 3. The molecule has 4 heteroatoms. The first-order chi connectivity index (χ1) is 10.8. The topological polar surface area (TPSA) is 41.6 Å². The zero-order valence-electron chi connectivity index (χ0n) is 13.6. The monoisotopic (exact) mass is 304 g/mol. The second-order valence-electron chi connectivity index (χ2n) is 6.09. The van der Waals surface area contributed by atoms with Gasteiger partial charge >= 0.3 is 0 Å². The quantitative estimate of drug-likeness (QED) is 0.750. The average Bonchev–Trinajstić information content (AvgIpc) is 2.58. The van der Waals surface area contributed by atoms with Crippen LogP contribution in [-0.4, -0.2) is 44.1 Å². The highest BCUT2D eigenvalue weighted by atomic mass is 16.5. The third-order valence-electron chi connectivity index (χ3n) is 4.33. The number of likely N-dealkylation sites (N-methyl/N-ethyl adjacent to an activating group) is 1. The van der Waals surface area contributed by atoms with Crippen molar-refractivity contribution >= 4 is 5.91 Å². The molecule has 1 aromatic carbocycles. The summed E-state index contributed by atoms with van der Waals surface area (Å²) in [7, 11) is 1.87. The highest BCUT2D eigenvalue weighted by Crippen LogP contribution is 2.18. The van der Waals surface area contributed by atoms with Crippen LogP contribution in [0.5, 0.6) is 0 Å². The lowest BCUT2D eigenvalue weighted by molar-refractivity contribution is -0.131. The van der Waals surface area contributed by atoms with Crippen LogP contribution >= 0.6 is 0 Å². The van der Waals surface area contributed by atoms with Crippen molar-refractivity contribution in [3.05, 3.63) is 35.9 Å². The van der Waals surface area contributed by atoms with E-state index in [0.29, 0.717) is 32.1 Å². The maximum absolute atomic E-state index is 12.1. The minimum absolute atomic E-state index is 0.238. The molecule has 0 unspecified atom stereocenters. The summed E-state index contributed by atoms with van der Waals surface area (Å²) < 4.78 is 5.63. The highest BCUT2D eigenvalue weighted by Gasteiger charge is 2.16. The number of hydrogen-bond donors (Lipinski definition) is 1. The Balaban J connectivity index is 1.55. The molecule has 122 valence electrons. The Morgan fingerprint density at radius 2 is 2.00 bits per heavy atom. The Morgan fingerprint density at radius 1 is 1.27 bits per heavy atom. The Bertz CT molecular complexity index is 430. The van der Waals surface area contributed by atoms with Crippen molar-refractivity contribution in [2.24, 2.45) is 5.92 Å². The van der Waals surface area contributed by atoms with Gasteiger partial charge in [-0.15, -0.1) is 0 Å². The van der Waals surface area contributed by atoms with Crippen molar-refractivity contribution in [3.63, 3.8) is 0 Å². The predicted octanol–water partition coefficient (Wildman–Crippen LogP) is 2.44. The SMILES string of the molecule is CN(CCOCc1ccccc1)C(=O)CCC1CCNCC1. The summed E-state index contributed by atoms with van der Waals surface area (Å²) >= 11 is 0. The van der Waals surface area contributed by atoms with Gasteiger partial charge in [0.05, 0.1) is 13.2 Å². The number of amides is 1. The molecule has 22 heavy (non-hydrogen) atoms. The van der Waals surface area contributed by atoms with Crippen molar-refractivity contribution in [1.29, 1.82) is 0 Å². The van der Waals surface area contributed by atoms with Crippen molar-refractivity contribution < 1.29 is 9.53 Å². The lowest BCUT2D eigenvalue weighted by atomic mass is 9.93. The molecule has 1 aromatic rings. The van der Waals surface area contributed by atoms with Crippen LogP contribution in [0.15, 0.2) is 30.3 Å². The first-order valence-electron chi connectivity index (χ1n) is 8.32. The van der Waals surface area contributed by atoms with Gasteiger partial charge in [0.25, 0.3) is 0 Å². The minimum atomic E-state index is 0.238. The van der Waals surface area contributed by atoms with Gasteiger partial charge in [-0.2, -0.15) is 0 Å². The molecule has 0 radical (unpaired) electrons. The third kappa shape index (κ3) is 6.16. The Kier molecular flexibility index (Phi) is 7.40. The fourth-order valence-corrected chi connectivity index (χ4v) is 2.78. The number of ether oxygens (including phenoxy) is 1. The summed E-state index contributed by atoms with van der Waals surface area (Å²) in [5.74, 6) is 0.953. The molecule has 2 rings (SSSR count). The lowest BCUT2D eigenvalue weighted by Crippen LogP contribution is -2.32. The number of rotatable bonds is 8. The molecule has 4 nitrogen and oxygen atoms in total. The number of carbonyl (C=O) groups is 1. The van der Waals surface area contributed by atoms with Crippen LogP contribution in [-0.2, 0) is 16.1 Å². The molecule has 1 aliphatic heterocycles. The number of nitrogens with zero attached hydrogens (tertiary/aromatic N) is 1. The van der Waals surface area contributed by atoms with E-state index in [4.69, 9.17) is 4.74 Å². The summed E-state index contributed by atoms with van der Waals surface area (Å²) in [5.41, 5.74) is 1.17. The van der Waals surface area contributed by atoms with Gasteiger partial charge in [0.2, 0.25) is 5.91 Å². The predicted molar refractivity (Wildman–Crippen MR) is 88.6 cm³/mol. The fourth-order valence-electron chi connectivity index (χ4n) is 2.78. The van der Waals surface area contributed by atoms with E-state index < -0.39 is 0 Å². The smallest absolute Gasteiger partial charge is 0.222 e. The first-order valence-corrected chi connectivity index (χ1v) is 8.32. The molecule has 0 saturated carbocycles. The molecule has 0 spiro atoms. The average molecular weight is 304 g/mol. The molecule has 0 bridgehead atoms. The maximum atomic E-state index is 12.1. The Hall–Kier alpha value is -1.39. The van der Waals surface area contributed by atoms with Crippen molar-refractivity contribution in [2.45, 2.75) is 32.3 Å². The number of nitrogens with one attached hydrogen (secondary N) is 1. The van der Waals surface area contributed by atoms with Gasteiger partial charge in [-0.1, -0.05) is 30.3 Å². The molecular formula is C18H28N2O2. The molecule has 0 aliphatic carbocycles. The van der Waals surface area contributed by atoms with Gasteiger partial charge in [-0.3, -0.25) is 4.79 Å². The maximum Gasteiger partial charge on any atom is 0.222 e. The first kappa shape index (κ1) is 17.0. The molecule has 0 atom stereocenters. The summed E-state index contributed by atoms with van der Waals surface area (Å²) in [6.45, 7) is 4.06. The highest BCUT2D eigenvalue weighted by molar-refractivity contribution is 5.75. The van der Waals surface area contributed by atoms with E-state index in [1.54, 1.807) is 4.90 Å². The second kappa shape index (κ2) is 9.59. The molecule has 1 N–H and O–H groups in total. The van der Waals surface area contributed by atoms with E-state index >= 15 is 0 Å². The van der Waals surface area contributed by atoms with Gasteiger partial charge in [-0.25, -0.2) is 0 Å². The van der Waals surface area contributed by atoms with E-state index in [-0.39, 0.29) is 5.91 Å². The van der Waals surface area contributed by atoms with Crippen LogP contribution in [0.2, 0.25) is 0 Å². The van der Waals surface area contributed by atoms with E-state index in [1.807, 2.05) is 37.4 Å². The van der Waals surface area contributed by atoms with Crippen LogP contribution in [0.4, 0.5) is 0 Å². The van der Waals surface area contributed by atoms with Crippen LogP contribution in [0.1, 0.15) is 31.2 Å². The summed E-state index contributed by atoms with van der Waals surface area (Å²) in [5, 5.41) is 3.36. The second-order valence-corrected chi connectivity index (χ2v) is 6.09. The van der Waals surface area contributed by atoms with E-state index in [2.05, 4.69) is 5.32 Å². The number of carbonyl (C=O) groups excluding carboxylic acids is 1. The molecule has 0 aromatic heterocycles. The van der Waals surface area contributed by atoms with E-state index in [0.717, 1.165) is 19.5 Å². The number of benzene rings is 1. The Morgan fingerprint density at radius 3 is 2.73 bits per heavy atom. The minimum Gasteiger partial charge on any atom is -0.375 e. The van der Waals surface area contributed by atoms with Crippen LogP contribution in [0, 0.1) is 5.92 Å². The van der Waals surface area contributed by atoms with Crippen LogP contribution in [0.25, 0.3) is 0 Å². The third-order valence-corrected chi connectivity index (χ3v) is 4.33. The summed E-state index contributed by atoms with van der Waals surface area (Å²) in [6.07, 6.45) is 4.10. The van der Waals surface area contributed by atoms with Crippen molar-refractivity contribution in [1.82, 2.24) is 10.2 Å². The van der Waals surface area contributed by atoms with Gasteiger partial charge in [0, 0.05) is 20.0 Å². The normalized spacial score (nSPS) is 15.7. The standard InChI is InChI=1S/C18H28N2O2/c1-20(13-14-22-15-17-5-3-2-4-6-17)18(21)8-7-16-9-11-19-12-10-16/h2-6,16,19H,7-15H2,1H3. The summed E-state index contributed by atoms with van der Waals surface area (Å²) in [6, 6.07) is 10.1. The number of piperidine rings is 1. The van der Waals surface area contributed by atoms with Gasteiger partial charge in [0.1, 0.15) is 0 Å². The van der Waals surface area contributed by atoms with E-state index in [1.165, 1.54) is 18.4 Å². The Labute approximate surface area is 133 Å². The largest absolute Gasteiger partial charge is 0.375 e. The van der Waals surface area contributed by atoms with Gasteiger partial charge in [0.15, 0.2) is 0 Å². The zero-order valence-corrected chi connectivity index (χ0v) is 13.6.